The molecule has 0 aliphatic carbocycles. The average Bonchev–Trinajstić information content (AvgIpc) is 3.01. The van der Waals surface area contributed by atoms with E-state index in [1.165, 1.54) is 11.8 Å². The standard InChI is InChI=1S/C14H17N5O2S/c1-9(8-15-13-16-14(22-2)18-17-13)7-10-3-5-11(6-4-10)12(20)19-21/h3-7,21H,8H2,1-2H3,(H,19,20)(H2,15,16,17,18)/b9-7+. The highest BCUT2D eigenvalue weighted by Crippen LogP contribution is 2.11. The summed E-state index contributed by atoms with van der Waals surface area (Å²) in [6, 6.07) is 6.93. The van der Waals surface area contributed by atoms with Gasteiger partial charge in [0.15, 0.2) is 0 Å². The van der Waals surface area contributed by atoms with E-state index < -0.39 is 5.91 Å². The van der Waals surface area contributed by atoms with Gasteiger partial charge in [-0.05, 0) is 30.9 Å². The number of amides is 1. The van der Waals surface area contributed by atoms with E-state index in [1.54, 1.807) is 17.6 Å². The minimum absolute atomic E-state index is 0.404. The number of anilines is 1. The molecule has 0 bridgehead atoms. The van der Waals surface area contributed by atoms with Gasteiger partial charge in [0.1, 0.15) is 0 Å². The van der Waals surface area contributed by atoms with Crippen LogP contribution >= 0.6 is 11.8 Å². The SMILES string of the molecule is CSc1n[nH]c(NC/C(C)=C/c2ccc(C(=O)NO)cc2)n1. The van der Waals surface area contributed by atoms with Crippen LogP contribution in [-0.4, -0.2) is 39.1 Å². The summed E-state index contributed by atoms with van der Waals surface area (Å²) in [5, 5.41) is 19.2. The lowest BCUT2D eigenvalue weighted by Gasteiger charge is -2.04. The number of benzene rings is 1. The number of nitrogens with zero attached hydrogens (tertiary/aromatic N) is 2. The van der Waals surface area contributed by atoms with E-state index >= 15 is 0 Å². The van der Waals surface area contributed by atoms with Crippen LogP contribution in [-0.2, 0) is 0 Å². The van der Waals surface area contributed by atoms with E-state index in [4.69, 9.17) is 5.21 Å². The van der Waals surface area contributed by atoms with Crippen molar-refractivity contribution in [1.82, 2.24) is 20.7 Å². The molecule has 0 atom stereocenters. The van der Waals surface area contributed by atoms with Crippen molar-refractivity contribution in [3.05, 3.63) is 41.0 Å². The lowest BCUT2D eigenvalue weighted by molar-refractivity contribution is 0.0706. The van der Waals surface area contributed by atoms with Crippen molar-refractivity contribution in [2.75, 3.05) is 18.1 Å². The molecule has 22 heavy (non-hydrogen) atoms. The van der Waals surface area contributed by atoms with E-state index in [2.05, 4.69) is 20.5 Å². The summed E-state index contributed by atoms with van der Waals surface area (Å²) in [4.78, 5) is 15.5. The van der Waals surface area contributed by atoms with Gasteiger partial charge in [0.25, 0.3) is 5.91 Å². The molecule has 2 rings (SSSR count). The zero-order chi connectivity index (χ0) is 15.9. The van der Waals surface area contributed by atoms with E-state index in [0.29, 0.717) is 23.2 Å². The Hall–Kier alpha value is -2.32. The number of hydroxylamine groups is 1. The van der Waals surface area contributed by atoms with Gasteiger partial charge in [-0.3, -0.25) is 10.0 Å². The minimum atomic E-state index is -0.524. The Morgan fingerprint density at radius 3 is 2.73 bits per heavy atom. The van der Waals surface area contributed by atoms with Crippen molar-refractivity contribution in [3.8, 4) is 0 Å². The molecule has 0 radical (unpaired) electrons. The highest BCUT2D eigenvalue weighted by atomic mass is 32.2. The summed E-state index contributed by atoms with van der Waals surface area (Å²) < 4.78 is 0. The molecule has 7 nitrogen and oxygen atoms in total. The second kappa shape index (κ2) is 7.62. The van der Waals surface area contributed by atoms with Gasteiger partial charge in [0, 0.05) is 12.1 Å². The maximum Gasteiger partial charge on any atom is 0.274 e. The van der Waals surface area contributed by atoms with E-state index in [0.717, 1.165) is 11.1 Å². The van der Waals surface area contributed by atoms with Gasteiger partial charge in [0.2, 0.25) is 11.1 Å². The van der Waals surface area contributed by atoms with E-state index in [1.807, 2.05) is 31.4 Å². The maximum absolute atomic E-state index is 11.2. The van der Waals surface area contributed by atoms with Crippen LogP contribution in [0.1, 0.15) is 22.8 Å². The van der Waals surface area contributed by atoms with Gasteiger partial charge in [0.05, 0.1) is 0 Å². The Labute approximate surface area is 132 Å². The zero-order valence-electron chi connectivity index (χ0n) is 12.3. The molecule has 0 fully saturated rings. The molecule has 0 saturated carbocycles. The van der Waals surface area contributed by atoms with Crippen molar-refractivity contribution >= 4 is 29.7 Å². The summed E-state index contributed by atoms with van der Waals surface area (Å²) in [5.41, 5.74) is 4.08. The topological polar surface area (TPSA) is 103 Å². The van der Waals surface area contributed by atoms with Gasteiger partial charge < -0.3 is 5.32 Å². The third-order valence-electron chi connectivity index (χ3n) is 2.87. The fraction of sp³-hybridized carbons (Fsp3) is 0.214. The second-order valence-corrected chi connectivity index (χ2v) is 5.35. The Morgan fingerprint density at radius 2 is 2.14 bits per heavy atom. The number of carbonyl (C=O) groups is 1. The third kappa shape index (κ3) is 4.34. The van der Waals surface area contributed by atoms with Crippen LogP contribution in [0.25, 0.3) is 6.08 Å². The first-order valence-corrected chi connectivity index (χ1v) is 7.77. The molecular weight excluding hydrogens is 302 g/mol. The quantitative estimate of drug-likeness (QED) is 0.370. The molecule has 116 valence electrons. The monoisotopic (exact) mass is 319 g/mol. The molecule has 0 unspecified atom stereocenters. The molecule has 1 heterocycles. The van der Waals surface area contributed by atoms with E-state index in [9.17, 15) is 4.79 Å². The number of hydrogen-bond acceptors (Lipinski definition) is 6. The van der Waals surface area contributed by atoms with Crippen molar-refractivity contribution in [2.24, 2.45) is 0 Å². The van der Waals surface area contributed by atoms with Crippen molar-refractivity contribution < 1.29 is 10.0 Å². The number of thioether (sulfide) groups is 1. The number of aromatic amines is 1. The van der Waals surface area contributed by atoms with Gasteiger partial charge in [-0.15, -0.1) is 5.10 Å². The number of H-pyrrole nitrogens is 1. The molecule has 4 N–H and O–H groups in total. The largest absolute Gasteiger partial charge is 0.351 e. The predicted octanol–water partition coefficient (Wildman–Crippen LogP) is 2.16. The number of aromatic nitrogens is 3. The third-order valence-corrected chi connectivity index (χ3v) is 3.42. The van der Waals surface area contributed by atoms with Gasteiger partial charge in [-0.25, -0.2) is 10.6 Å². The van der Waals surface area contributed by atoms with Gasteiger partial charge in [-0.2, -0.15) is 4.98 Å². The van der Waals surface area contributed by atoms with Crippen LogP contribution in [0, 0.1) is 0 Å². The lowest BCUT2D eigenvalue weighted by Crippen LogP contribution is -2.18. The highest BCUT2D eigenvalue weighted by molar-refractivity contribution is 7.98. The number of hydrogen-bond donors (Lipinski definition) is 4. The van der Waals surface area contributed by atoms with Crippen molar-refractivity contribution in [3.63, 3.8) is 0 Å². The molecule has 0 spiro atoms. The first-order chi connectivity index (χ1) is 10.6. The first-order valence-electron chi connectivity index (χ1n) is 6.54. The first kappa shape index (κ1) is 16.1. The molecule has 1 aromatic carbocycles. The average molecular weight is 319 g/mol. The fourth-order valence-electron chi connectivity index (χ4n) is 1.77. The molecule has 0 aliphatic heterocycles. The molecule has 0 aliphatic rings. The summed E-state index contributed by atoms with van der Waals surface area (Å²) in [6.07, 6.45) is 3.91. The van der Waals surface area contributed by atoms with Crippen LogP contribution in [0.4, 0.5) is 5.95 Å². The molecule has 0 saturated heterocycles. The Balaban J connectivity index is 1.95. The summed E-state index contributed by atoms with van der Waals surface area (Å²) in [6.45, 7) is 2.62. The number of rotatable bonds is 6. The number of carbonyl (C=O) groups excluding carboxylic acids is 1. The van der Waals surface area contributed by atoms with Gasteiger partial charge in [-0.1, -0.05) is 35.5 Å². The van der Waals surface area contributed by atoms with Crippen LogP contribution < -0.4 is 10.8 Å². The van der Waals surface area contributed by atoms with Crippen LogP contribution in [0.2, 0.25) is 0 Å². The minimum Gasteiger partial charge on any atom is -0.351 e. The normalized spacial score (nSPS) is 11.3. The van der Waals surface area contributed by atoms with Crippen LogP contribution in [0.3, 0.4) is 0 Å². The molecule has 8 heteroatoms. The Kier molecular flexibility index (Phi) is 5.56. The summed E-state index contributed by atoms with van der Waals surface area (Å²) in [5.74, 6) is 0.107. The Bertz CT molecular complexity index is 666. The summed E-state index contributed by atoms with van der Waals surface area (Å²) >= 11 is 1.47. The molecule has 1 amide bonds. The van der Waals surface area contributed by atoms with Crippen LogP contribution in [0.15, 0.2) is 35.0 Å². The molecular formula is C14H17N5O2S. The smallest absolute Gasteiger partial charge is 0.274 e. The van der Waals surface area contributed by atoms with Crippen molar-refractivity contribution in [2.45, 2.75) is 12.1 Å². The van der Waals surface area contributed by atoms with Crippen molar-refractivity contribution in [1.29, 1.82) is 0 Å². The summed E-state index contributed by atoms with van der Waals surface area (Å²) in [7, 11) is 0. The highest BCUT2D eigenvalue weighted by Gasteiger charge is 2.03. The molecule has 1 aromatic heterocycles. The zero-order valence-corrected chi connectivity index (χ0v) is 13.1. The number of nitrogens with one attached hydrogen (secondary N) is 3. The van der Waals surface area contributed by atoms with Gasteiger partial charge >= 0.3 is 0 Å². The Morgan fingerprint density at radius 1 is 1.41 bits per heavy atom. The maximum atomic E-state index is 11.2. The fourth-order valence-corrected chi connectivity index (χ4v) is 2.09. The second-order valence-electron chi connectivity index (χ2n) is 4.58. The molecule has 2 aromatic rings. The van der Waals surface area contributed by atoms with E-state index in [-0.39, 0.29) is 0 Å². The van der Waals surface area contributed by atoms with Crippen LogP contribution in [0.5, 0.6) is 0 Å². The lowest BCUT2D eigenvalue weighted by atomic mass is 10.1. The predicted molar refractivity (Wildman–Crippen MR) is 86.0 cm³/mol.